The smallest absolute Gasteiger partial charge is 0.339 e. The topological polar surface area (TPSA) is 65.0 Å². The van der Waals surface area contributed by atoms with E-state index in [9.17, 15) is 9.90 Å². The average molecular weight is 437 g/mol. The van der Waals surface area contributed by atoms with Crippen LogP contribution in [0.5, 0.6) is 11.5 Å². The van der Waals surface area contributed by atoms with Crippen LogP contribution in [-0.2, 0) is 16.1 Å². The van der Waals surface area contributed by atoms with E-state index < -0.39 is 5.97 Å². The van der Waals surface area contributed by atoms with Crippen LogP contribution >= 0.6 is 23.2 Å². The van der Waals surface area contributed by atoms with Gasteiger partial charge >= 0.3 is 5.97 Å². The second kappa shape index (κ2) is 9.90. The summed E-state index contributed by atoms with van der Waals surface area (Å²) >= 11 is 12.7. The van der Waals surface area contributed by atoms with Crippen molar-refractivity contribution in [3.05, 3.63) is 63.8 Å². The highest BCUT2D eigenvalue weighted by molar-refractivity contribution is 6.37. The Labute approximate surface area is 179 Å². The summed E-state index contributed by atoms with van der Waals surface area (Å²) in [5, 5.41) is 10.2. The molecule has 2 aromatic rings. The van der Waals surface area contributed by atoms with Gasteiger partial charge in [0.1, 0.15) is 17.9 Å². The molecule has 1 fully saturated rings. The Balaban J connectivity index is 1.73. The van der Waals surface area contributed by atoms with Crippen molar-refractivity contribution in [2.75, 3.05) is 13.7 Å². The van der Waals surface area contributed by atoms with Gasteiger partial charge in [0.25, 0.3) is 0 Å². The number of hydrogen-bond donors (Lipinski definition) is 1. The van der Waals surface area contributed by atoms with Crippen molar-refractivity contribution in [1.29, 1.82) is 0 Å². The van der Waals surface area contributed by atoms with Gasteiger partial charge in [-0.1, -0.05) is 53.9 Å². The minimum atomic E-state index is -1.08. The molecule has 0 unspecified atom stereocenters. The summed E-state index contributed by atoms with van der Waals surface area (Å²) in [4.78, 5) is 11.5. The Kier molecular flexibility index (Phi) is 7.29. The molecule has 3 rings (SSSR count). The monoisotopic (exact) mass is 436 g/mol. The largest absolute Gasteiger partial charge is 0.503 e. The SMILES string of the molecule is CO/C=C(/C(=O)O)c1ccccc1COc1cc(Cl)c(OCC2CCC2)c(Cl)c1. The fraction of sp³-hybridized carbons (Fsp3) is 0.318. The molecule has 0 radical (unpaired) electrons. The Morgan fingerprint density at radius 1 is 1.17 bits per heavy atom. The van der Waals surface area contributed by atoms with E-state index in [1.165, 1.54) is 32.6 Å². The predicted molar refractivity (Wildman–Crippen MR) is 113 cm³/mol. The summed E-state index contributed by atoms with van der Waals surface area (Å²) in [7, 11) is 1.40. The van der Waals surface area contributed by atoms with Crippen molar-refractivity contribution in [2.24, 2.45) is 5.92 Å². The summed E-state index contributed by atoms with van der Waals surface area (Å²) in [5.74, 6) is 0.416. The number of rotatable bonds is 9. The lowest BCUT2D eigenvalue weighted by atomic mass is 9.86. The first-order chi connectivity index (χ1) is 14.0. The summed E-state index contributed by atoms with van der Waals surface area (Å²) in [6.07, 6.45) is 4.79. The molecular formula is C22H22Cl2O5. The molecule has 5 nitrogen and oxygen atoms in total. The number of halogens is 2. The fourth-order valence-electron chi connectivity index (χ4n) is 3.04. The van der Waals surface area contributed by atoms with Crippen LogP contribution < -0.4 is 9.47 Å². The summed E-state index contributed by atoms with van der Waals surface area (Å²) < 4.78 is 16.5. The Morgan fingerprint density at radius 3 is 2.45 bits per heavy atom. The van der Waals surface area contributed by atoms with Gasteiger partial charge in [0, 0.05) is 12.1 Å². The molecular weight excluding hydrogens is 415 g/mol. The first-order valence-corrected chi connectivity index (χ1v) is 10.0. The van der Waals surface area contributed by atoms with Crippen molar-refractivity contribution in [1.82, 2.24) is 0 Å². The standard InChI is InChI=1S/C22H22Cl2O5/c1-27-13-18(22(25)26)17-8-3-2-7-15(17)12-28-16-9-19(23)21(20(24)10-16)29-11-14-5-4-6-14/h2-3,7-10,13-14H,4-6,11-12H2,1H3,(H,25,26)/b18-13+. The molecule has 0 spiro atoms. The number of benzene rings is 2. The number of carboxylic acids is 1. The molecule has 7 heteroatoms. The normalized spacial score (nSPS) is 14.2. The lowest BCUT2D eigenvalue weighted by molar-refractivity contribution is -0.130. The number of carboxylic acid groups (broad SMARTS) is 1. The lowest BCUT2D eigenvalue weighted by Gasteiger charge is -2.25. The lowest BCUT2D eigenvalue weighted by Crippen LogP contribution is -2.19. The summed E-state index contributed by atoms with van der Waals surface area (Å²) in [6.45, 7) is 0.746. The van der Waals surface area contributed by atoms with E-state index in [1.54, 1.807) is 30.3 Å². The van der Waals surface area contributed by atoms with Crippen molar-refractivity contribution in [2.45, 2.75) is 25.9 Å². The van der Waals surface area contributed by atoms with Gasteiger partial charge in [-0.3, -0.25) is 0 Å². The highest BCUT2D eigenvalue weighted by Crippen LogP contribution is 2.38. The van der Waals surface area contributed by atoms with Crippen LogP contribution in [0.2, 0.25) is 10.0 Å². The van der Waals surface area contributed by atoms with Gasteiger partial charge < -0.3 is 19.3 Å². The highest BCUT2D eigenvalue weighted by Gasteiger charge is 2.20. The van der Waals surface area contributed by atoms with Crippen molar-refractivity contribution < 1.29 is 24.1 Å². The minimum absolute atomic E-state index is 0.0440. The predicted octanol–water partition coefficient (Wildman–Crippen LogP) is 5.82. The first kappa shape index (κ1) is 21.3. The zero-order valence-corrected chi connectivity index (χ0v) is 17.5. The van der Waals surface area contributed by atoms with Crippen LogP contribution in [0.25, 0.3) is 5.57 Å². The van der Waals surface area contributed by atoms with Gasteiger partial charge in [0.15, 0.2) is 5.75 Å². The van der Waals surface area contributed by atoms with E-state index in [-0.39, 0.29) is 12.2 Å². The third-order valence-electron chi connectivity index (χ3n) is 4.83. The molecule has 0 atom stereocenters. The maximum Gasteiger partial charge on any atom is 0.339 e. The van der Waals surface area contributed by atoms with Gasteiger partial charge in [-0.15, -0.1) is 0 Å². The molecule has 0 aliphatic heterocycles. The fourth-order valence-corrected chi connectivity index (χ4v) is 3.61. The van der Waals surface area contributed by atoms with E-state index in [4.69, 9.17) is 37.4 Å². The third-order valence-corrected chi connectivity index (χ3v) is 5.39. The van der Waals surface area contributed by atoms with Crippen LogP contribution in [0.4, 0.5) is 0 Å². The quantitative estimate of drug-likeness (QED) is 0.396. The van der Waals surface area contributed by atoms with Crippen LogP contribution in [0.15, 0.2) is 42.7 Å². The van der Waals surface area contributed by atoms with Crippen molar-refractivity contribution in [3.63, 3.8) is 0 Å². The van der Waals surface area contributed by atoms with Crippen molar-refractivity contribution in [3.8, 4) is 11.5 Å². The van der Waals surface area contributed by atoms with E-state index in [0.717, 1.165) is 0 Å². The van der Waals surface area contributed by atoms with Crippen LogP contribution in [0, 0.1) is 5.92 Å². The van der Waals surface area contributed by atoms with Crippen LogP contribution in [0.3, 0.4) is 0 Å². The second-order valence-corrected chi connectivity index (χ2v) is 7.66. The van der Waals surface area contributed by atoms with E-state index in [0.29, 0.717) is 45.2 Å². The molecule has 0 heterocycles. The zero-order valence-electron chi connectivity index (χ0n) is 16.0. The first-order valence-electron chi connectivity index (χ1n) is 9.28. The second-order valence-electron chi connectivity index (χ2n) is 6.84. The Bertz CT molecular complexity index is 883. The summed E-state index contributed by atoms with van der Waals surface area (Å²) in [6, 6.07) is 10.4. The van der Waals surface area contributed by atoms with Crippen LogP contribution in [-0.4, -0.2) is 24.8 Å². The van der Waals surface area contributed by atoms with Crippen molar-refractivity contribution >= 4 is 34.7 Å². The average Bonchev–Trinajstić information content (AvgIpc) is 2.65. The molecule has 0 aromatic heterocycles. The number of hydrogen-bond acceptors (Lipinski definition) is 4. The molecule has 0 saturated heterocycles. The molecule has 1 N–H and O–H groups in total. The number of ether oxygens (including phenoxy) is 3. The molecule has 1 aliphatic rings. The number of methoxy groups -OCH3 is 1. The molecule has 2 aromatic carbocycles. The number of aliphatic carboxylic acids is 1. The third kappa shape index (κ3) is 5.37. The van der Waals surface area contributed by atoms with Gasteiger partial charge in [-0.25, -0.2) is 4.79 Å². The zero-order chi connectivity index (χ0) is 20.8. The Hall–Kier alpha value is -2.37. The molecule has 29 heavy (non-hydrogen) atoms. The van der Waals surface area contributed by atoms with E-state index >= 15 is 0 Å². The molecule has 0 amide bonds. The maximum absolute atomic E-state index is 11.5. The Morgan fingerprint density at radius 2 is 1.86 bits per heavy atom. The van der Waals surface area contributed by atoms with E-state index in [2.05, 4.69) is 0 Å². The molecule has 1 saturated carbocycles. The van der Waals surface area contributed by atoms with Gasteiger partial charge in [-0.2, -0.15) is 0 Å². The molecule has 154 valence electrons. The van der Waals surface area contributed by atoms with Gasteiger partial charge in [0.05, 0.1) is 30.0 Å². The summed E-state index contributed by atoms with van der Waals surface area (Å²) in [5.41, 5.74) is 1.25. The van der Waals surface area contributed by atoms with E-state index in [1.807, 2.05) is 6.07 Å². The van der Waals surface area contributed by atoms with Gasteiger partial charge in [-0.05, 0) is 29.9 Å². The highest BCUT2D eigenvalue weighted by atomic mass is 35.5. The van der Waals surface area contributed by atoms with Crippen LogP contribution in [0.1, 0.15) is 30.4 Å². The van der Waals surface area contributed by atoms with Gasteiger partial charge in [0.2, 0.25) is 0 Å². The maximum atomic E-state index is 11.5. The molecule has 0 bridgehead atoms. The molecule has 1 aliphatic carbocycles. The minimum Gasteiger partial charge on any atom is -0.503 e. The number of carbonyl (C=O) groups is 1.